The van der Waals surface area contributed by atoms with Crippen LogP contribution in [-0.4, -0.2) is 20.6 Å². The molecule has 1 N–H and O–H groups in total. The summed E-state index contributed by atoms with van der Waals surface area (Å²) in [6, 6.07) is 10.5. The minimum absolute atomic E-state index is 0.0308. The number of rotatable bonds is 3. The number of benzene rings is 1. The van der Waals surface area contributed by atoms with Gasteiger partial charge in [-0.1, -0.05) is 17.7 Å². The molecule has 0 unspecified atom stereocenters. The largest absolute Gasteiger partial charge is 0.382 e. The van der Waals surface area contributed by atoms with E-state index in [9.17, 15) is 4.79 Å². The Labute approximate surface area is 154 Å². The monoisotopic (exact) mass is 362 g/mol. The first-order chi connectivity index (χ1) is 12.6. The fourth-order valence-corrected chi connectivity index (χ4v) is 4.32. The molecule has 4 aromatic rings. The minimum Gasteiger partial charge on any atom is -0.382 e. The molecular weight excluding hydrogens is 344 g/mol. The Hall–Kier alpha value is -2.73. The van der Waals surface area contributed by atoms with E-state index in [0.29, 0.717) is 16.6 Å². The van der Waals surface area contributed by atoms with Gasteiger partial charge in [0.25, 0.3) is 5.56 Å². The smallest absolute Gasteiger partial charge is 0.276 e. The van der Waals surface area contributed by atoms with Gasteiger partial charge in [-0.3, -0.25) is 9.36 Å². The van der Waals surface area contributed by atoms with Gasteiger partial charge in [0.2, 0.25) is 0 Å². The van der Waals surface area contributed by atoms with E-state index >= 15 is 0 Å². The lowest BCUT2D eigenvalue weighted by atomic mass is 10.2. The summed E-state index contributed by atoms with van der Waals surface area (Å²) in [5, 5.41) is 4.51. The Bertz CT molecular complexity index is 1200. The van der Waals surface area contributed by atoms with E-state index in [-0.39, 0.29) is 5.56 Å². The van der Waals surface area contributed by atoms with Crippen LogP contribution in [-0.2, 0) is 0 Å². The zero-order valence-corrected chi connectivity index (χ0v) is 15.4. The predicted octanol–water partition coefficient (Wildman–Crippen LogP) is 4.19. The van der Waals surface area contributed by atoms with Crippen LogP contribution in [0.1, 0.15) is 24.2 Å². The van der Waals surface area contributed by atoms with Gasteiger partial charge in [-0.15, -0.1) is 11.3 Å². The third-order valence-corrected chi connectivity index (χ3v) is 5.87. The Balaban J connectivity index is 1.79. The first-order valence-corrected chi connectivity index (χ1v) is 9.58. The van der Waals surface area contributed by atoms with Crippen molar-refractivity contribution in [3.63, 3.8) is 0 Å². The first kappa shape index (κ1) is 15.5. The molecule has 0 atom stereocenters. The lowest BCUT2D eigenvalue weighted by Crippen LogP contribution is -2.21. The van der Waals surface area contributed by atoms with Crippen molar-refractivity contribution in [3.05, 3.63) is 58.3 Å². The molecule has 1 aromatic carbocycles. The summed E-state index contributed by atoms with van der Waals surface area (Å²) in [5.41, 5.74) is 3.76. The maximum Gasteiger partial charge on any atom is 0.276 e. The molecule has 0 saturated heterocycles. The SMILES string of the molecule is Cc1ccc(-n2c(C)nc3c(sc4nccc(NC5CC5)c43)c2=O)cc1. The van der Waals surface area contributed by atoms with Gasteiger partial charge in [0.05, 0.1) is 11.1 Å². The highest BCUT2D eigenvalue weighted by Crippen LogP contribution is 2.36. The summed E-state index contributed by atoms with van der Waals surface area (Å²) in [4.78, 5) is 23.4. The maximum absolute atomic E-state index is 13.2. The average Bonchev–Trinajstić information content (AvgIpc) is 3.36. The van der Waals surface area contributed by atoms with Crippen LogP contribution >= 0.6 is 11.3 Å². The summed E-state index contributed by atoms with van der Waals surface area (Å²) in [7, 11) is 0. The summed E-state index contributed by atoms with van der Waals surface area (Å²) in [5.74, 6) is 0.687. The van der Waals surface area contributed by atoms with Crippen molar-refractivity contribution in [2.24, 2.45) is 0 Å². The number of aryl methyl sites for hydroxylation is 2. The number of nitrogens with zero attached hydrogens (tertiary/aromatic N) is 3. The van der Waals surface area contributed by atoms with Crippen LogP contribution in [0, 0.1) is 13.8 Å². The van der Waals surface area contributed by atoms with Crippen LogP contribution in [0.3, 0.4) is 0 Å². The molecule has 0 amide bonds. The molecular formula is C20H18N4OS. The summed E-state index contributed by atoms with van der Waals surface area (Å²) >= 11 is 1.42. The molecule has 5 nitrogen and oxygen atoms in total. The number of thiophene rings is 1. The first-order valence-electron chi connectivity index (χ1n) is 8.76. The predicted molar refractivity (Wildman–Crippen MR) is 107 cm³/mol. The summed E-state index contributed by atoms with van der Waals surface area (Å²) in [6.07, 6.45) is 4.19. The number of fused-ring (bicyclic) bond motifs is 3. The number of nitrogens with one attached hydrogen (secondary N) is 1. The van der Waals surface area contributed by atoms with E-state index in [2.05, 4.69) is 10.3 Å². The summed E-state index contributed by atoms with van der Waals surface area (Å²) < 4.78 is 2.34. The molecule has 5 rings (SSSR count). The van der Waals surface area contributed by atoms with E-state index in [1.807, 2.05) is 44.2 Å². The molecule has 1 saturated carbocycles. The molecule has 0 bridgehead atoms. The second-order valence-electron chi connectivity index (χ2n) is 6.87. The maximum atomic E-state index is 13.2. The Morgan fingerprint density at radius 1 is 1.15 bits per heavy atom. The van der Waals surface area contributed by atoms with Gasteiger partial charge in [-0.05, 0) is 44.9 Å². The number of aromatic nitrogens is 3. The Morgan fingerprint density at radius 3 is 2.65 bits per heavy atom. The molecule has 1 fully saturated rings. The number of hydrogen-bond acceptors (Lipinski definition) is 5. The third-order valence-electron chi connectivity index (χ3n) is 4.79. The molecule has 1 aliphatic carbocycles. The normalized spacial score (nSPS) is 14.2. The van der Waals surface area contributed by atoms with Crippen molar-refractivity contribution < 1.29 is 0 Å². The zero-order valence-electron chi connectivity index (χ0n) is 14.6. The molecule has 130 valence electrons. The van der Waals surface area contributed by atoms with Gasteiger partial charge in [-0.2, -0.15) is 0 Å². The van der Waals surface area contributed by atoms with Crippen molar-refractivity contribution in [2.45, 2.75) is 32.7 Å². The van der Waals surface area contributed by atoms with Crippen LogP contribution in [0.25, 0.3) is 26.1 Å². The van der Waals surface area contributed by atoms with Crippen LogP contribution in [0.4, 0.5) is 5.69 Å². The van der Waals surface area contributed by atoms with E-state index in [4.69, 9.17) is 4.98 Å². The number of hydrogen-bond donors (Lipinski definition) is 1. The van der Waals surface area contributed by atoms with Crippen LogP contribution in [0.2, 0.25) is 0 Å². The molecule has 26 heavy (non-hydrogen) atoms. The standard InChI is InChI=1S/C20H18N4OS/c1-11-3-7-14(8-4-11)24-12(2)22-17-16-15(23-13-5-6-13)9-10-21-19(16)26-18(17)20(24)25/h3-4,7-10,13H,5-6H2,1-2H3,(H,21,23). The molecule has 3 heterocycles. The van der Waals surface area contributed by atoms with Gasteiger partial charge >= 0.3 is 0 Å². The number of anilines is 1. The van der Waals surface area contributed by atoms with Gasteiger partial charge in [0, 0.05) is 17.9 Å². The van der Waals surface area contributed by atoms with Gasteiger partial charge in [0.1, 0.15) is 20.9 Å². The van der Waals surface area contributed by atoms with E-state index in [1.54, 1.807) is 10.8 Å². The van der Waals surface area contributed by atoms with E-state index in [0.717, 1.165) is 32.7 Å². The fraction of sp³-hybridized carbons (Fsp3) is 0.250. The molecule has 0 spiro atoms. The quantitative estimate of drug-likeness (QED) is 0.594. The Morgan fingerprint density at radius 2 is 1.92 bits per heavy atom. The van der Waals surface area contributed by atoms with Crippen molar-refractivity contribution in [2.75, 3.05) is 5.32 Å². The number of pyridine rings is 1. The average molecular weight is 362 g/mol. The van der Waals surface area contributed by atoms with E-state index in [1.165, 1.54) is 24.2 Å². The van der Waals surface area contributed by atoms with Gasteiger partial charge in [-0.25, -0.2) is 9.97 Å². The van der Waals surface area contributed by atoms with Crippen molar-refractivity contribution in [3.8, 4) is 5.69 Å². The molecule has 0 radical (unpaired) electrons. The Kier molecular flexibility index (Phi) is 3.37. The van der Waals surface area contributed by atoms with Crippen LogP contribution in [0.15, 0.2) is 41.3 Å². The van der Waals surface area contributed by atoms with Crippen LogP contribution in [0.5, 0.6) is 0 Å². The fourth-order valence-electron chi connectivity index (χ4n) is 3.29. The third kappa shape index (κ3) is 2.41. The lowest BCUT2D eigenvalue weighted by Gasteiger charge is -2.10. The van der Waals surface area contributed by atoms with Gasteiger partial charge in [0.15, 0.2) is 0 Å². The zero-order chi connectivity index (χ0) is 17.8. The highest BCUT2D eigenvalue weighted by Gasteiger charge is 2.24. The topological polar surface area (TPSA) is 59.8 Å². The van der Waals surface area contributed by atoms with Crippen molar-refractivity contribution in [1.82, 2.24) is 14.5 Å². The second-order valence-corrected chi connectivity index (χ2v) is 7.87. The molecule has 0 aliphatic heterocycles. The van der Waals surface area contributed by atoms with E-state index < -0.39 is 0 Å². The lowest BCUT2D eigenvalue weighted by molar-refractivity contribution is 0.898. The second kappa shape index (κ2) is 5.64. The van der Waals surface area contributed by atoms with Gasteiger partial charge < -0.3 is 5.32 Å². The minimum atomic E-state index is -0.0308. The molecule has 3 aromatic heterocycles. The highest BCUT2D eigenvalue weighted by molar-refractivity contribution is 7.25. The van der Waals surface area contributed by atoms with Crippen molar-refractivity contribution >= 4 is 37.5 Å². The molecule has 6 heteroatoms. The highest BCUT2D eigenvalue weighted by atomic mass is 32.1. The summed E-state index contributed by atoms with van der Waals surface area (Å²) in [6.45, 7) is 3.92. The molecule has 1 aliphatic rings. The van der Waals surface area contributed by atoms with Crippen LogP contribution < -0.4 is 10.9 Å². The van der Waals surface area contributed by atoms with Crippen molar-refractivity contribution in [1.29, 1.82) is 0 Å².